The molecule has 0 aliphatic heterocycles. The first-order valence-corrected chi connectivity index (χ1v) is 3.06. The van der Waals surface area contributed by atoms with Gasteiger partial charge in [-0.3, -0.25) is 0 Å². The van der Waals surface area contributed by atoms with Crippen molar-refractivity contribution in [2.45, 2.75) is 13.3 Å². The van der Waals surface area contributed by atoms with E-state index >= 15 is 0 Å². The summed E-state index contributed by atoms with van der Waals surface area (Å²) in [4.78, 5) is 10.0. The lowest BCUT2D eigenvalue weighted by molar-refractivity contribution is 0.518. The molecule has 0 saturated heterocycles. The van der Waals surface area contributed by atoms with Crippen LogP contribution in [0, 0.1) is 0 Å². The van der Waals surface area contributed by atoms with Gasteiger partial charge in [0.05, 0.1) is 6.26 Å². The van der Waals surface area contributed by atoms with Crippen LogP contribution in [0.25, 0.3) is 0 Å². The molecule has 1 heterocycles. The van der Waals surface area contributed by atoms with E-state index in [1.165, 1.54) is 0 Å². The van der Waals surface area contributed by atoms with Gasteiger partial charge in [-0.05, 0) is 19.1 Å². The molecule has 1 aromatic rings. The monoisotopic (exact) mass is 136 g/mol. The molecule has 0 bridgehead atoms. The van der Waals surface area contributed by atoms with Crippen LogP contribution in [0.1, 0.15) is 12.7 Å². The van der Waals surface area contributed by atoms with Crippen molar-refractivity contribution in [1.82, 2.24) is 0 Å². The Hall–Kier alpha value is -1.27. The van der Waals surface area contributed by atoms with E-state index in [0.29, 0.717) is 12.0 Å². The van der Waals surface area contributed by atoms with Crippen molar-refractivity contribution < 1.29 is 9.21 Å². The number of furan rings is 1. The van der Waals surface area contributed by atoms with Crippen molar-refractivity contribution in [2.24, 2.45) is 0 Å². The minimum Gasteiger partial charge on any atom is -0.469 e. The second-order valence-corrected chi connectivity index (χ2v) is 2.14. The van der Waals surface area contributed by atoms with E-state index in [1.54, 1.807) is 19.3 Å². The van der Waals surface area contributed by atoms with Crippen molar-refractivity contribution >= 4 is 5.94 Å². The van der Waals surface area contributed by atoms with Gasteiger partial charge in [-0.1, -0.05) is 0 Å². The zero-order valence-electron chi connectivity index (χ0n) is 5.76. The minimum atomic E-state index is 0.566. The standard InChI is InChI=1S/C8H8O2/c1-7(6-9)5-8-3-2-4-10-8/h2-4H,5H2,1H3. The number of rotatable bonds is 2. The fourth-order valence-corrected chi connectivity index (χ4v) is 0.711. The maximum atomic E-state index is 10.0. The molecule has 52 valence electrons. The molecule has 0 fully saturated rings. The van der Waals surface area contributed by atoms with Gasteiger partial charge in [0.15, 0.2) is 0 Å². The van der Waals surface area contributed by atoms with Crippen LogP contribution in [-0.4, -0.2) is 5.94 Å². The Labute approximate surface area is 59.2 Å². The maximum absolute atomic E-state index is 10.0. The molecule has 0 spiro atoms. The first-order chi connectivity index (χ1) is 4.83. The fraction of sp³-hybridized carbons (Fsp3) is 0.250. The third kappa shape index (κ3) is 1.61. The first kappa shape index (κ1) is 6.84. The van der Waals surface area contributed by atoms with Gasteiger partial charge >= 0.3 is 0 Å². The zero-order valence-corrected chi connectivity index (χ0v) is 5.76. The molecule has 10 heavy (non-hydrogen) atoms. The van der Waals surface area contributed by atoms with Gasteiger partial charge in [-0.2, -0.15) is 0 Å². The van der Waals surface area contributed by atoms with Gasteiger partial charge in [0.1, 0.15) is 11.7 Å². The molecule has 1 aromatic heterocycles. The van der Waals surface area contributed by atoms with Gasteiger partial charge in [0.25, 0.3) is 0 Å². The normalized spacial score (nSPS) is 8.90. The van der Waals surface area contributed by atoms with Crippen molar-refractivity contribution in [3.05, 3.63) is 29.7 Å². The van der Waals surface area contributed by atoms with E-state index < -0.39 is 0 Å². The molecule has 2 nitrogen and oxygen atoms in total. The maximum Gasteiger partial charge on any atom is 0.123 e. The van der Waals surface area contributed by atoms with Crippen LogP contribution < -0.4 is 0 Å². The van der Waals surface area contributed by atoms with Crippen molar-refractivity contribution in [2.75, 3.05) is 0 Å². The Morgan fingerprint density at radius 1 is 1.80 bits per heavy atom. The van der Waals surface area contributed by atoms with Crippen molar-refractivity contribution in [3.8, 4) is 0 Å². The van der Waals surface area contributed by atoms with E-state index in [1.807, 2.05) is 12.0 Å². The Kier molecular flexibility index (Phi) is 2.08. The Morgan fingerprint density at radius 2 is 2.60 bits per heavy atom. The first-order valence-electron chi connectivity index (χ1n) is 3.06. The van der Waals surface area contributed by atoms with Crippen LogP contribution in [-0.2, 0) is 11.2 Å². The summed E-state index contributed by atoms with van der Waals surface area (Å²) >= 11 is 0. The van der Waals surface area contributed by atoms with Crippen LogP contribution in [0.5, 0.6) is 0 Å². The lowest BCUT2D eigenvalue weighted by Crippen LogP contribution is -1.82. The molecule has 0 saturated carbocycles. The topological polar surface area (TPSA) is 30.2 Å². The Morgan fingerprint density at radius 3 is 3.10 bits per heavy atom. The molecule has 0 unspecified atom stereocenters. The highest BCUT2D eigenvalue weighted by atomic mass is 16.3. The van der Waals surface area contributed by atoms with Crippen molar-refractivity contribution in [1.29, 1.82) is 0 Å². The van der Waals surface area contributed by atoms with E-state index in [-0.39, 0.29) is 0 Å². The van der Waals surface area contributed by atoms with E-state index in [0.717, 1.165) is 5.76 Å². The minimum absolute atomic E-state index is 0.566. The molecule has 0 aromatic carbocycles. The summed E-state index contributed by atoms with van der Waals surface area (Å²) in [5.41, 5.74) is 0.662. The summed E-state index contributed by atoms with van der Waals surface area (Å²) in [5, 5.41) is 0. The third-order valence-electron chi connectivity index (χ3n) is 1.19. The average Bonchev–Trinajstić information content (AvgIpc) is 2.40. The Balaban J connectivity index is 2.65. The highest BCUT2D eigenvalue weighted by Gasteiger charge is 1.95. The summed E-state index contributed by atoms with van der Waals surface area (Å²) in [6.45, 7) is 1.73. The molecule has 0 amide bonds. The van der Waals surface area contributed by atoms with Crippen LogP contribution in [0.3, 0.4) is 0 Å². The largest absolute Gasteiger partial charge is 0.469 e. The molecular formula is C8H8O2. The Bertz CT molecular complexity index is 240. The molecule has 0 N–H and O–H groups in total. The zero-order chi connectivity index (χ0) is 7.40. The summed E-state index contributed by atoms with van der Waals surface area (Å²) in [6.07, 6.45) is 2.16. The van der Waals surface area contributed by atoms with E-state index in [9.17, 15) is 4.79 Å². The molecule has 1 rings (SSSR count). The predicted octanol–water partition coefficient (Wildman–Crippen LogP) is 1.60. The number of allylic oxidation sites excluding steroid dienone is 1. The lowest BCUT2D eigenvalue weighted by Gasteiger charge is -1.89. The third-order valence-corrected chi connectivity index (χ3v) is 1.19. The molecule has 0 radical (unpaired) electrons. The molecule has 2 heteroatoms. The second kappa shape index (κ2) is 3.04. The lowest BCUT2D eigenvalue weighted by atomic mass is 10.2. The molecule has 0 aliphatic rings. The van der Waals surface area contributed by atoms with Crippen LogP contribution in [0.4, 0.5) is 0 Å². The molecular weight excluding hydrogens is 128 g/mol. The van der Waals surface area contributed by atoms with Gasteiger partial charge < -0.3 is 4.42 Å². The van der Waals surface area contributed by atoms with Gasteiger partial charge in [0.2, 0.25) is 0 Å². The quantitative estimate of drug-likeness (QED) is 0.578. The van der Waals surface area contributed by atoms with E-state index in [4.69, 9.17) is 4.42 Å². The van der Waals surface area contributed by atoms with E-state index in [2.05, 4.69) is 0 Å². The van der Waals surface area contributed by atoms with Gasteiger partial charge in [0, 0.05) is 12.0 Å². The predicted molar refractivity (Wildman–Crippen MR) is 37.3 cm³/mol. The van der Waals surface area contributed by atoms with Crippen LogP contribution in [0.15, 0.2) is 28.4 Å². The highest BCUT2D eigenvalue weighted by molar-refractivity contribution is 5.52. The molecule has 0 atom stereocenters. The number of hydrogen-bond acceptors (Lipinski definition) is 2. The van der Waals surface area contributed by atoms with Crippen LogP contribution >= 0.6 is 0 Å². The highest BCUT2D eigenvalue weighted by Crippen LogP contribution is 2.04. The van der Waals surface area contributed by atoms with Crippen molar-refractivity contribution in [3.63, 3.8) is 0 Å². The SMILES string of the molecule is CC(=C=O)Cc1ccco1. The summed E-state index contributed by atoms with van der Waals surface area (Å²) < 4.78 is 5.01. The second-order valence-electron chi connectivity index (χ2n) is 2.14. The number of hydrogen-bond donors (Lipinski definition) is 0. The smallest absolute Gasteiger partial charge is 0.123 e. The summed E-state index contributed by atoms with van der Waals surface area (Å²) in [5.74, 6) is 2.62. The summed E-state index contributed by atoms with van der Waals surface area (Å²) in [7, 11) is 0. The van der Waals surface area contributed by atoms with Gasteiger partial charge in [-0.25, -0.2) is 4.79 Å². The average molecular weight is 136 g/mol. The molecule has 0 aliphatic carbocycles. The van der Waals surface area contributed by atoms with Crippen LogP contribution in [0.2, 0.25) is 0 Å². The fourth-order valence-electron chi connectivity index (χ4n) is 0.711. The van der Waals surface area contributed by atoms with Gasteiger partial charge in [-0.15, -0.1) is 0 Å². The summed E-state index contributed by atoms with van der Waals surface area (Å²) in [6, 6.07) is 3.63. The number of carbonyl (C=O) groups excluding carboxylic acids is 1.